The van der Waals surface area contributed by atoms with Crippen LogP contribution in [0.3, 0.4) is 0 Å². The standard InChI is InChI=1S/C8H9IN4/c9-8-10-3-5-12(8)6-7-13-4-1-2-11-13/h1-5H,6-7H2. The summed E-state index contributed by atoms with van der Waals surface area (Å²) in [5.41, 5.74) is 0. The van der Waals surface area contributed by atoms with Gasteiger partial charge in [0.25, 0.3) is 0 Å². The van der Waals surface area contributed by atoms with E-state index in [2.05, 4.69) is 37.2 Å². The molecule has 0 fully saturated rings. The van der Waals surface area contributed by atoms with Crippen LogP contribution in [0.25, 0.3) is 0 Å². The molecule has 0 N–H and O–H groups in total. The normalized spacial score (nSPS) is 10.5. The van der Waals surface area contributed by atoms with Crippen molar-refractivity contribution in [2.75, 3.05) is 0 Å². The van der Waals surface area contributed by atoms with E-state index in [9.17, 15) is 0 Å². The Hall–Kier alpha value is -0.850. The van der Waals surface area contributed by atoms with Crippen LogP contribution in [0, 0.1) is 3.83 Å². The fraction of sp³-hybridized carbons (Fsp3) is 0.250. The fourth-order valence-corrected chi connectivity index (χ4v) is 1.68. The lowest BCUT2D eigenvalue weighted by Gasteiger charge is -2.03. The first kappa shape index (κ1) is 8.74. The monoisotopic (exact) mass is 288 g/mol. The highest BCUT2D eigenvalue weighted by molar-refractivity contribution is 14.1. The maximum atomic E-state index is 4.14. The molecule has 5 heteroatoms. The predicted octanol–water partition coefficient (Wildman–Crippen LogP) is 1.38. The second-order valence-corrected chi connectivity index (χ2v) is 3.62. The van der Waals surface area contributed by atoms with Crippen molar-refractivity contribution in [1.29, 1.82) is 0 Å². The third-order valence-corrected chi connectivity index (χ3v) is 2.69. The Balaban J connectivity index is 1.97. The minimum Gasteiger partial charge on any atom is -0.325 e. The Labute approximate surface area is 89.7 Å². The van der Waals surface area contributed by atoms with Gasteiger partial charge in [-0.1, -0.05) is 0 Å². The van der Waals surface area contributed by atoms with E-state index in [1.54, 1.807) is 6.20 Å². The average Bonchev–Trinajstić information content (AvgIpc) is 2.72. The SMILES string of the molecule is Ic1nccn1CCn1cccn1. The van der Waals surface area contributed by atoms with E-state index in [1.165, 1.54) is 0 Å². The molecule has 68 valence electrons. The Bertz CT molecular complexity index is 365. The van der Waals surface area contributed by atoms with Crippen LogP contribution in [0.2, 0.25) is 0 Å². The summed E-state index contributed by atoms with van der Waals surface area (Å²) in [6.07, 6.45) is 7.54. The van der Waals surface area contributed by atoms with E-state index in [0.717, 1.165) is 16.9 Å². The molecule has 2 rings (SSSR count). The number of rotatable bonds is 3. The van der Waals surface area contributed by atoms with Crippen LogP contribution in [-0.4, -0.2) is 19.3 Å². The number of hydrogen-bond acceptors (Lipinski definition) is 2. The van der Waals surface area contributed by atoms with Crippen molar-refractivity contribution in [3.63, 3.8) is 0 Å². The van der Waals surface area contributed by atoms with Gasteiger partial charge in [0, 0.05) is 31.3 Å². The third-order valence-electron chi connectivity index (χ3n) is 1.79. The summed E-state index contributed by atoms with van der Waals surface area (Å²) < 4.78 is 5.03. The van der Waals surface area contributed by atoms with E-state index in [0.29, 0.717) is 0 Å². The minimum atomic E-state index is 0.888. The van der Waals surface area contributed by atoms with Gasteiger partial charge in [-0.15, -0.1) is 0 Å². The van der Waals surface area contributed by atoms with E-state index in [-0.39, 0.29) is 0 Å². The van der Waals surface area contributed by atoms with Crippen LogP contribution < -0.4 is 0 Å². The number of nitrogens with zero attached hydrogens (tertiary/aromatic N) is 4. The highest BCUT2D eigenvalue weighted by Crippen LogP contribution is 2.01. The Morgan fingerprint density at radius 1 is 1.23 bits per heavy atom. The topological polar surface area (TPSA) is 35.6 Å². The Morgan fingerprint density at radius 2 is 2.15 bits per heavy atom. The van der Waals surface area contributed by atoms with Crippen molar-refractivity contribution in [3.8, 4) is 0 Å². The van der Waals surface area contributed by atoms with Gasteiger partial charge in [0.2, 0.25) is 0 Å². The lowest BCUT2D eigenvalue weighted by Crippen LogP contribution is -2.08. The quantitative estimate of drug-likeness (QED) is 0.800. The van der Waals surface area contributed by atoms with Gasteiger partial charge < -0.3 is 4.57 Å². The molecule has 0 spiro atoms. The maximum Gasteiger partial charge on any atom is 0.171 e. The summed E-state index contributed by atoms with van der Waals surface area (Å²) in [4.78, 5) is 4.14. The molecule has 0 saturated heterocycles. The molecule has 13 heavy (non-hydrogen) atoms. The molecule has 0 aliphatic heterocycles. The fourth-order valence-electron chi connectivity index (χ4n) is 1.12. The highest BCUT2D eigenvalue weighted by atomic mass is 127. The molecular formula is C8H9IN4. The molecule has 0 saturated carbocycles. The molecule has 0 aliphatic rings. The second kappa shape index (κ2) is 3.91. The van der Waals surface area contributed by atoms with Gasteiger partial charge in [0.15, 0.2) is 3.83 Å². The molecule has 0 aromatic carbocycles. The first-order chi connectivity index (χ1) is 6.36. The summed E-state index contributed by atoms with van der Waals surface area (Å²) in [7, 11) is 0. The van der Waals surface area contributed by atoms with Gasteiger partial charge in [-0.3, -0.25) is 4.68 Å². The van der Waals surface area contributed by atoms with E-state index < -0.39 is 0 Å². The highest BCUT2D eigenvalue weighted by Gasteiger charge is 1.97. The smallest absolute Gasteiger partial charge is 0.171 e. The lowest BCUT2D eigenvalue weighted by atomic mass is 10.6. The molecule has 0 amide bonds. The zero-order chi connectivity index (χ0) is 9.10. The predicted molar refractivity (Wildman–Crippen MR) is 57.2 cm³/mol. The third kappa shape index (κ3) is 2.09. The molecular weight excluding hydrogens is 279 g/mol. The number of imidazole rings is 1. The van der Waals surface area contributed by atoms with Crippen LogP contribution in [0.5, 0.6) is 0 Å². The summed E-state index contributed by atoms with van der Waals surface area (Å²) >= 11 is 2.22. The summed E-state index contributed by atoms with van der Waals surface area (Å²) in [5.74, 6) is 0. The summed E-state index contributed by atoms with van der Waals surface area (Å²) in [6.45, 7) is 1.80. The lowest BCUT2D eigenvalue weighted by molar-refractivity contribution is 0.527. The van der Waals surface area contributed by atoms with Crippen molar-refractivity contribution in [2.24, 2.45) is 0 Å². The van der Waals surface area contributed by atoms with Crippen molar-refractivity contribution < 1.29 is 0 Å². The largest absolute Gasteiger partial charge is 0.325 e. The molecule has 0 radical (unpaired) electrons. The van der Waals surface area contributed by atoms with Crippen molar-refractivity contribution >= 4 is 22.6 Å². The van der Waals surface area contributed by atoms with Crippen molar-refractivity contribution in [3.05, 3.63) is 34.7 Å². The molecule has 2 aromatic rings. The van der Waals surface area contributed by atoms with Gasteiger partial charge >= 0.3 is 0 Å². The summed E-state index contributed by atoms with van der Waals surface area (Å²) in [5, 5.41) is 4.13. The first-order valence-corrected chi connectivity index (χ1v) is 5.08. The van der Waals surface area contributed by atoms with E-state index in [1.807, 2.05) is 29.3 Å². The zero-order valence-corrected chi connectivity index (χ0v) is 9.13. The first-order valence-electron chi connectivity index (χ1n) is 4.00. The number of halogens is 1. The molecule has 2 heterocycles. The van der Waals surface area contributed by atoms with Crippen LogP contribution in [-0.2, 0) is 13.1 Å². The van der Waals surface area contributed by atoms with Crippen molar-refractivity contribution in [2.45, 2.75) is 13.1 Å². The molecule has 0 bridgehead atoms. The molecule has 2 aromatic heterocycles. The van der Waals surface area contributed by atoms with Gasteiger partial charge in [-0.25, -0.2) is 4.98 Å². The Morgan fingerprint density at radius 3 is 2.77 bits per heavy atom. The molecule has 0 atom stereocenters. The summed E-state index contributed by atoms with van der Waals surface area (Å²) in [6, 6.07) is 1.93. The van der Waals surface area contributed by atoms with Crippen LogP contribution in [0.15, 0.2) is 30.9 Å². The van der Waals surface area contributed by atoms with Crippen LogP contribution >= 0.6 is 22.6 Å². The van der Waals surface area contributed by atoms with Gasteiger partial charge in [0.1, 0.15) is 0 Å². The molecule has 0 aliphatic carbocycles. The second-order valence-electron chi connectivity index (χ2n) is 2.66. The Kier molecular flexibility index (Phi) is 2.62. The zero-order valence-electron chi connectivity index (χ0n) is 6.97. The molecule has 4 nitrogen and oxygen atoms in total. The van der Waals surface area contributed by atoms with Crippen LogP contribution in [0.4, 0.5) is 0 Å². The molecule has 0 unspecified atom stereocenters. The maximum absolute atomic E-state index is 4.14. The van der Waals surface area contributed by atoms with E-state index in [4.69, 9.17) is 0 Å². The number of hydrogen-bond donors (Lipinski definition) is 0. The van der Waals surface area contributed by atoms with E-state index >= 15 is 0 Å². The van der Waals surface area contributed by atoms with Gasteiger partial charge in [-0.2, -0.15) is 5.10 Å². The average molecular weight is 288 g/mol. The minimum absolute atomic E-state index is 0.888. The van der Waals surface area contributed by atoms with Gasteiger partial charge in [0.05, 0.1) is 6.54 Å². The van der Waals surface area contributed by atoms with Crippen LogP contribution in [0.1, 0.15) is 0 Å². The number of aromatic nitrogens is 4. The van der Waals surface area contributed by atoms with Crippen molar-refractivity contribution in [1.82, 2.24) is 19.3 Å². The number of aryl methyl sites for hydroxylation is 2. The van der Waals surface area contributed by atoms with Gasteiger partial charge in [-0.05, 0) is 28.7 Å².